The minimum Gasteiger partial charge on any atom is -0.372 e. The number of H-pyrrole nitrogens is 1. The van der Waals surface area contributed by atoms with E-state index in [4.69, 9.17) is 4.74 Å². The van der Waals surface area contributed by atoms with Gasteiger partial charge in [-0.05, 0) is 50.5 Å². The van der Waals surface area contributed by atoms with Crippen LogP contribution in [0.1, 0.15) is 35.3 Å². The summed E-state index contributed by atoms with van der Waals surface area (Å²) in [4.78, 5) is 30.9. The molecule has 0 atom stereocenters. The van der Waals surface area contributed by atoms with E-state index in [0.29, 0.717) is 26.1 Å². The van der Waals surface area contributed by atoms with E-state index in [0.717, 1.165) is 16.6 Å². The Morgan fingerprint density at radius 1 is 1.24 bits per heavy atom. The van der Waals surface area contributed by atoms with Crippen molar-refractivity contribution in [2.24, 2.45) is 0 Å². The number of para-hydroxylation sites is 1. The first kappa shape index (κ1) is 19.5. The van der Waals surface area contributed by atoms with Crippen LogP contribution in [0.4, 0.5) is 0 Å². The molecule has 6 heteroatoms. The Labute approximate surface area is 170 Å². The Balaban J connectivity index is 1.50. The van der Waals surface area contributed by atoms with Gasteiger partial charge in [0.15, 0.2) is 0 Å². The zero-order valence-electron chi connectivity index (χ0n) is 17.1. The van der Waals surface area contributed by atoms with Crippen molar-refractivity contribution < 1.29 is 9.53 Å². The molecule has 1 aliphatic heterocycles. The average molecular weight is 393 g/mol. The third kappa shape index (κ3) is 3.85. The van der Waals surface area contributed by atoms with E-state index in [1.807, 2.05) is 51.2 Å². The van der Waals surface area contributed by atoms with Crippen LogP contribution in [-0.4, -0.2) is 45.7 Å². The summed E-state index contributed by atoms with van der Waals surface area (Å²) in [6.45, 7) is 7.40. The number of carbonyl (C=O) groups excluding carboxylic acids is 1. The molecule has 3 heterocycles. The van der Waals surface area contributed by atoms with Gasteiger partial charge in [-0.25, -0.2) is 0 Å². The van der Waals surface area contributed by atoms with E-state index in [2.05, 4.69) is 11.1 Å². The standard InChI is InChI=1S/C23H27N3O3/c1-15(2)29-18-13-26(14-18)23(28)21-16(3)8-10-25(22(21)27)11-9-17-12-24-20-7-5-4-6-19(17)20/h4-8,10,12,15,18,24H,9,11,13-14H2,1-3H3. The molecule has 0 spiro atoms. The molecular formula is C23H27N3O3. The molecule has 1 fully saturated rings. The van der Waals surface area contributed by atoms with Gasteiger partial charge in [0.2, 0.25) is 0 Å². The van der Waals surface area contributed by atoms with Gasteiger partial charge < -0.3 is 19.2 Å². The van der Waals surface area contributed by atoms with Crippen molar-refractivity contribution in [1.29, 1.82) is 0 Å². The first-order valence-electron chi connectivity index (χ1n) is 10.1. The molecule has 3 aromatic rings. The SMILES string of the molecule is Cc1ccn(CCc2c[nH]c3ccccc23)c(=O)c1C(=O)N1CC(OC(C)C)C1. The number of hydrogen-bond acceptors (Lipinski definition) is 3. The lowest BCUT2D eigenvalue weighted by Gasteiger charge is -2.39. The molecule has 1 aromatic carbocycles. The number of nitrogens with one attached hydrogen (secondary N) is 1. The normalized spacial score (nSPS) is 14.6. The molecule has 1 amide bonds. The van der Waals surface area contributed by atoms with Crippen molar-refractivity contribution >= 4 is 16.8 Å². The van der Waals surface area contributed by atoms with Crippen LogP contribution in [0.3, 0.4) is 0 Å². The predicted octanol–water partition coefficient (Wildman–Crippen LogP) is 3.13. The van der Waals surface area contributed by atoms with Gasteiger partial charge in [-0.15, -0.1) is 0 Å². The summed E-state index contributed by atoms with van der Waals surface area (Å²) in [6, 6.07) is 9.98. The lowest BCUT2D eigenvalue weighted by Crippen LogP contribution is -2.56. The summed E-state index contributed by atoms with van der Waals surface area (Å²) in [7, 11) is 0. The zero-order chi connectivity index (χ0) is 20.5. The van der Waals surface area contributed by atoms with E-state index in [1.54, 1.807) is 15.7 Å². The van der Waals surface area contributed by atoms with Gasteiger partial charge >= 0.3 is 0 Å². The van der Waals surface area contributed by atoms with Gasteiger partial charge in [0.05, 0.1) is 12.2 Å². The lowest BCUT2D eigenvalue weighted by atomic mass is 10.1. The first-order valence-corrected chi connectivity index (χ1v) is 10.1. The topological polar surface area (TPSA) is 67.3 Å². The van der Waals surface area contributed by atoms with Crippen molar-refractivity contribution in [3.63, 3.8) is 0 Å². The number of aromatic amines is 1. The third-order valence-electron chi connectivity index (χ3n) is 5.48. The number of carbonyl (C=O) groups is 1. The van der Waals surface area contributed by atoms with E-state index >= 15 is 0 Å². The smallest absolute Gasteiger partial charge is 0.263 e. The minimum atomic E-state index is -0.219. The average Bonchev–Trinajstić information content (AvgIpc) is 3.07. The number of benzene rings is 1. The van der Waals surface area contributed by atoms with Gasteiger partial charge in [-0.3, -0.25) is 9.59 Å². The molecule has 152 valence electrons. The Bertz CT molecular complexity index is 1090. The van der Waals surface area contributed by atoms with Crippen LogP contribution in [-0.2, 0) is 17.7 Å². The highest BCUT2D eigenvalue weighted by Gasteiger charge is 2.34. The number of pyridine rings is 1. The third-order valence-corrected chi connectivity index (χ3v) is 5.48. The van der Waals surface area contributed by atoms with Crippen LogP contribution in [0.2, 0.25) is 0 Å². The van der Waals surface area contributed by atoms with E-state index in [-0.39, 0.29) is 29.2 Å². The molecule has 0 unspecified atom stereocenters. The number of likely N-dealkylation sites (tertiary alicyclic amines) is 1. The number of hydrogen-bond donors (Lipinski definition) is 1. The van der Waals surface area contributed by atoms with Gasteiger partial charge in [-0.1, -0.05) is 18.2 Å². The predicted molar refractivity (Wildman–Crippen MR) is 113 cm³/mol. The van der Waals surface area contributed by atoms with Crippen LogP contribution in [0, 0.1) is 6.92 Å². The van der Waals surface area contributed by atoms with Crippen molar-refractivity contribution in [2.45, 2.75) is 45.9 Å². The second-order valence-electron chi connectivity index (χ2n) is 8.00. The molecule has 0 aliphatic carbocycles. The van der Waals surface area contributed by atoms with Crippen molar-refractivity contribution in [3.8, 4) is 0 Å². The maximum absolute atomic E-state index is 13.0. The molecule has 2 aromatic heterocycles. The number of rotatable bonds is 6. The fourth-order valence-corrected chi connectivity index (χ4v) is 3.91. The Morgan fingerprint density at radius 3 is 2.76 bits per heavy atom. The van der Waals surface area contributed by atoms with Crippen LogP contribution >= 0.6 is 0 Å². The summed E-state index contributed by atoms with van der Waals surface area (Å²) in [5.41, 5.74) is 3.03. The number of amides is 1. The molecule has 29 heavy (non-hydrogen) atoms. The minimum absolute atomic E-state index is 0.0621. The van der Waals surface area contributed by atoms with Gasteiger partial charge in [-0.2, -0.15) is 0 Å². The molecule has 0 radical (unpaired) electrons. The van der Waals surface area contributed by atoms with E-state index < -0.39 is 0 Å². The highest BCUT2D eigenvalue weighted by atomic mass is 16.5. The fraction of sp³-hybridized carbons (Fsp3) is 0.391. The molecule has 0 bridgehead atoms. The molecule has 1 aliphatic rings. The Hall–Kier alpha value is -2.86. The maximum atomic E-state index is 13.0. The number of fused-ring (bicyclic) bond motifs is 1. The summed E-state index contributed by atoms with van der Waals surface area (Å²) in [5.74, 6) is -0.197. The summed E-state index contributed by atoms with van der Waals surface area (Å²) >= 11 is 0. The maximum Gasteiger partial charge on any atom is 0.263 e. The zero-order valence-corrected chi connectivity index (χ0v) is 17.1. The molecule has 1 saturated heterocycles. The quantitative estimate of drug-likeness (QED) is 0.700. The molecule has 0 saturated carbocycles. The van der Waals surface area contributed by atoms with Crippen LogP contribution in [0.15, 0.2) is 47.5 Å². The number of ether oxygens (including phenoxy) is 1. The second kappa shape index (κ2) is 7.87. The van der Waals surface area contributed by atoms with Crippen LogP contribution in [0.5, 0.6) is 0 Å². The monoisotopic (exact) mass is 393 g/mol. The van der Waals surface area contributed by atoms with E-state index in [1.165, 1.54) is 5.39 Å². The van der Waals surface area contributed by atoms with Crippen LogP contribution < -0.4 is 5.56 Å². The molecule has 1 N–H and O–H groups in total. The highest BCUT2D eigenvalue weighted by Crippen LogP contribution is 2.19. The number of aryl methyl sites for hydroxylation is 3. The fourth-order valence-electron chi connectivity index (χ4n) is 3.91. The van der Waals surface area contributed by atoms with Gasteiger partial charge in [0, 0.05) is 42.9 Å². The van der Waals surface area contributed by atoms with Gasteiger partial charge in [0.1, 0.15) is 5.56 Å². The Morgan fingerprint density at radius 2 is 2.00 bits per heavy atom. The van der Waals surface area contributed by atoms with Crippen molar-refractivity contribution in [3.05, 3.63) is 69.8 Å². The summed E-state index contributed by atoms with van der Waals surface area (Å²) in [5, 5.41) is 1.17. The van der Waals surface area contributed by atoms with Crippen molar-refractivity contribution in [1.82, 2.24) is 14.5 Å². The molecule has 4 rings (SSSR count). The van der Waals surface area contributed by atoms with Gasteiger partial charge in [0.25, 0.3) is 11.5 Å². The number of aromatic nitrogens is 2. The summed E-state index contributed by atoms with van der Waals surface area (Å²) in [6.07, 6.45) is 4.69. The number of nitrogens with zero attached hydrogens (tertiary/aromatic N) is 2. The Kier molecular flexibility index (Phi) is 5.28. The first-order chi connectivity index (χ1) is 13.9. The lowest BCUT2D eigenvalue weighted by molar-refractivity contribution is -0.0685. The summed E-state index contributed by atoms with van der Waals surface area (Å²) < 4.78 is 7.36. The largest absolute Gasteiger partial charge is 0.372 e. The van der Waals surface area contributed by atoms with Crippen LogP contribution in [0.25, 0.3) is 10.9 Å². The molecular weight excluding hydrogens is 366 g/mol. The second-order valence-corrected chi connectivity index (χ2v) is 8.00. The van der Waals surface area contributed by atoms with Crippen molar-refractivity contribution in [2.75, 3.05) is 13.1 Å². The molecule has 6 nitrogen and oxygen atoms in total. The highest BCUT2D eigenvalue weighted by molar-refractivity contribution is 5.95. The van der Waals surface area contributed by atoms with E-state index in [9.17, 15) is 9.59 Å².